The predicted octanol–water partition coefficient (Wildman–Crippen LogP) is 9.15. The minimum atomic E-state index is -0.518. The van der Waals surface area contributed by atoms with Gasteiger partial charge in [0.1, 0.15) is 20.8 Å². The van der Waals surface area contributed by atoms with Crippen molar-refractivity contribution in [3.63, 3.8) is 0 Å². The maximum Gasteiger partial charge on any atom is 0.496 e. The van der Waals surface area contributed by atoms with Crippen molar-refractivity contribution in [3.05, 3.63) is 161 Å². The topological polar surface area (TPSA) is 248 Å². The molecule has 0 radical (unpaired) electrons. The largest absolute Gasteiger partial charge is 0.496 e. The fourth-order valence-corrected chi connectivity index (χ4v) is 17.1. The molecule has 10 aromatic heterocycles. The van der Waals surface area contributed by atoms with Gasteiger partial charge in [-0.1, -0.05) is 11.6 Å². The first-order valence-electron chi connectivity index (χ1n) is 30.4. The van der Waals surface area contributed by atoms with Crippen molar-refractivity contribution in [2.24, 2.45) is 14.1 Å². The van der Waals surface area contributed by atoms with Gasteiger partial charge in [-0.25, -0.2) is 19.9 Å². The molecular formula is C64H66BClN14O8S4. The molecule has 2 N–H and O–H groups in total. The molecule has 92 heavy (non-hydrogen) atoms. The van der Waals surface area contributed by atoms with Gasteiger partial charge < -0.3 is 38.9 Å². The van der Waals surface area contributed by atoms with E-state index in [4.69, 9.17) is 30.9 Å². The van der Waals surface area contributed by atoms with Crippen LogP contribution in [0, 0.1) is 0 Å². The highest BCUT2D eigenvalue weighted by Crippen LogP contribution is 2.39. The molecule has 2 aliphatic carbocycles. The monoisotopic (exact) mass is 1330 g/mol. The number of thiophene rings is 2. The van der Waals surface area contributed by atoms with Gasteiger partial charge in [-0.05, 0) is 134 Å². The number of aryl methyl sites for hydroxylation is 6. The van der Waals surface area contributed by atoms with E-state index in [0.717, 1.165) is 123 Å². The molecule has 1 fully saturated rings. The Kier molecular flexibility index (Phi) is 17.3. The van der Waals surface area contributed by atoms with E-state index in [9.17, 15) is 28.8 Å². The third kappa shape index (κ3) is 11.9. The van der Waals surface area contributed by atoms with E-state index in [1.54, 1.807) is 84.5 Å². The van der Waals surface area contributed by atoms with Crippen molar-refractivity contribution in [1.82, 2.24) is 58.4 Å². The van der Waals surface area contributed by atoms with Gasteiger partial charge in [-0.3, -0.25) is 28.8 Å². The van der Waals surface area contributed by atoms with Crippen LogP contribution in [-0.4, -0.2) is 117 Å². The number of hydrogen-bond donors (Lipinski definition) is 2. The number of halogens is 1. The summed E-state index contributed by atoms with van der Waals surface area (Å²) in [6.45, 7) is 11.8. The molecule has 28 heteroatoms. The SMILES string of the molecule is CN1CCc2nc(Nc3cc(-c4ccnc(-n5ncc6c7c(sc6c5=O)CCCC7)c4C=O)cn(C)c3=O)sc2C1.CN1CCc2nc(Nc3cc(B4OC(C)(C)C(C)(C)O4)cn(C)c3=O)sc2C1.O=Cc1c(Cl)ccnc1-n1ncc2c3c(sc2c1=O)CCCC3. The Morgan fingerprint density at radius 3 is 1.59 bits per heavy atom. The highest BCUT2D eigenvalue weighted by Gasteiger charge is 2.52. The minimum Gasteiger partial charge on any atom is -0.399 e. The highest BCUT2D eigenvalue weighted by molar-refractivity contribution is 7.19. The zero-order valence-electron chi connectivity index (χ0n) is 52.0. The van der Waals surface area contributed by atoms with Gasteiger partial charge in [0.25, 0.3) is 22.2 Å². The second-order valence-electron chi connectivity index (χ2n) is 24.7. The highest BCUT2D eigenvalue weighted by atomic mass is 35.5. The molecule has 0 unspecified atom stereocenters. The first kappa shape index (κ1) is 63.1. The number of pyridine rings is 4. The molecule has 10 aromatic rings. The molecule has 0 atom stereocenters. The van der Waals surface area contributed by atoms with Crippen molar-refractivity contribution in [1.29, 1.82) is 0 Å². The molecule has 3 aliphatic heterocycles. The van der Waals surface area contributed by atoms with Gasteiger partial charge in [0.05, 0.1) is 51.1 Å². The minimum absolute atomic E-state index is 0.106. The summed E-state index contributed by atoms with van der Waals surface area (Å²) in [5.41, 5.74) is 6.16. The van der Waals surface area contributed by atoms with E-state index >= 15 is 0 Å². The average Bonchev–Trinajstić information content (AvgIpc) is 1.58. The molecule has 0 aromatic carbocycles. The smallest absolute Gasteiger partial charge is 0.399 e. The van der Waals surface area contributed by atoms with Crippen LogP contribution in [0.2, 0.25) is 5.02 Å². The number of aromatic nitrogens is 10. The molecule has 22 nitrogen and oxygen atoms in total. The molecule has 0 amide bonds. The second kappa shape index (κ2) is 25.3. The Morgan fingerprint density at radius 1 is 0.587 bits per heavy atom. The number of nitrogens with one attached hydrogen (secondary N) is 2. The van der Waals surface area contributed by atoms with Crippen molar-refractivity contribution in [2.75, 3.05) is 37.8 Å². The van der Waals surface area contributed by atoms with Crippen LogP contribution in [0.4, 0.5) is 21.6 Å². The molecule has 474 valence electrons. The normalized spacial score (nSPS) is 16.6. The number of fused-ring (bicyclic) bond motifs is 8. The van der Waals surface area contributed by atoms with Gasteiger partial charge in [0.15, 0.2) is 34.5 Å². The van der Waals surface area contributed by atoms with Crippen molar-refractivity contribution >= 4 is 124 Å². The fraction of sp³-hybridized carbons (Fsp3) is 0.375. The number of nitrogens with zero attached hydrogens (tertiary/aromatic N) is 12. The maximum atomic E-state index is 13.6. The Hall–Kier alpha value is -7.73. The van der Waals surface area contributed by atoms with Crippen LogP contribution in [0.25, 0.3) is 42.9 Å². The number of rotatable bonds is 10. The number of likely N-dealkylation sites (N-methyl/N-ethyl adjacent to an activating group) is 2. The van der Waals surface area contributed by atoms with E-state index in [2.05, 4.69) is 54.7 Å². The summed E-state index contributed by atoms with van der Waals surface area (Å²) < 4.78 is 19.0. The van der Waals surface area contributed by atoms with E-state index < -0.39 is 18.3 Å². The van der Waals surface area contributed by atoms with Crippen LogP contribution in [0.5, 0.6) is 0 Å². The van der Waals surface area contributed by atoms with Crippen LogP contribution >= 0.6 is 56.9 Å². The van der Waals surface area contributed by atoms with Crippen LogP contribution in [-0.2, 0) is 75.0 Å². The van der Waals surface area contributed by atoms with E-state index in [0.29, 0.717) is 49.6 Å². The van der Waals surface area contributed by atoms with Gasteiger partial charge in [-0.2, -0.15) is 19.6 Å². The number of carbonyl (C=O) groups excluding carboxylic acids is 2. The maximum absolute atomic E-state index is 13.6. The summed E-state index contributed by atoms with van der Waals surface area (Å²) >= 11 is 12.2. The predicted molar refractivity (Wildman–Crippen MR) is 364 cm³/mol. The molecule has 5 aliphatic rings. The zero-order chi connectivity index (χ0) is 64.5. The number of anilines is 4. The molecule has 15 rings (SSSR count). The number of carbonyl (C=O) groups is 2. The van der Waals surface area contributed by atoms with Gasteiger partial charge >= 0.3 is 7.12 Å². The Bertz CT molecular complexity index is 4840. The van der Waals surface area contributed by atoms with Crippen molar-refractivity contribution < 1.29 is 18.9 Å². The summed E-state index contributed by atoms with van der Waals surface area (Å²) in [5.74, 6) is 0.335. The lowest BCUT2D eigenvalue weighted by molar-refractivity contribution is 0.00578. The summed E-state index contributed by atoms with van der Waals surface area (Å²) in [5, 5.41) is 18.6. The second-order valence-corrected chi connectivity index (χ2v) is 29.5. The number of aldehydes is 2. The summed E-state index contributed by atoms with van der Waals surface area (Å²) in [6, 6.07) is 6.76. The van der Waals surface area contributed by atoms with E-state index in [1.807, 2.05) is 33.8 Å². The van der Waals surface area contributed by atoms with Gasteiger partial charge in [-0.15, -0.1) is 45.3 Å². The quantitative estimate of drug-likeness (QED) is 0.0956. The fourth-order valence-electron chi connectivity index (χ4n) is 12.2. The Labute approximate surface area is 549 Å². The third-order valence-corrected chi connectivity index (χ3v) is 22.8. The molecular weight excluding hydrogens is 1270 g/mol. The molecule has 0 spiro atoms. The lowest BCUT2D eigenvalue weighted by atomic mass is 9.80. The van der Waals surface area contributed by atoms with Gasteiger partial charge in [0.2, 0.25) is 0 Å². The average molecular weight is 1330 g/mol. The van der Waals surface area contributed by atoms with Crippen molar-refractivity contribution in [2.45, 2.75) is 116 Å². The van der Waals surface area contributed by atoms with Crippen LogP contribution in [0.3, 0.4) is 0 Å². The Balaban J connectivity index is 0.000000132. The van der Waals surface area contributed by atoms with Crippen molar-refractivity contribution in [3.8, 4) is 22.8 Å². The number of hydrogen-bond acceptors (Lipinski definition) is 22. The number of thiazole rings is 2. The van der Waals surface area contributed by atoms with Crippen LogP contribution < -0.4 is 38.3 Å². The van der Waals surface area contributed by atoms with Crippen LogP contribution in [0.15, 0.2) is 80.6 Å². The Morgan fingerprint density at radius 2 is 1.07 bits per heavy atom. The molecule has 0 saturated carbocycles. The molecule has 0 bridgehead atoms. The third-order valence-electron chi connectivity index (χ3n) is 17.9. The lowest BCUT2D eigenvalue weighted by Gasteiger charge is -2.32. The van der Waals surface area contributed by atoms with E-state index in [-0.39, 0.29) is 50.0 Å². The summed E-state index contributed by atoms with van der Waals surface area (Å²) in [4.78, 5) is 103. The first-order chi connectivity index (χ1) is 44.2. The summed E-state index contributed by atoms with van der Waals surface area (Å²) in [7, 11) is 7.08. The summed E-state index contributed by atoms with van der Waals surface area (Å²) in [6.07, 6.45) is 21.5. The van der Waals surface area contributed by atoms with Crippen LogP contribution in [0.1, 0.15) is 116 Å². The standard InChI is InChI=1S/C29H27N7O3S2.C19H27BN4O3S.C16H12ClN3O2S/c1-34-10-8-21-24(14-34)41-29(32-21)33-22-11-16(13-35(2)27(22)38)17-7-9-30-26(20(17)15-37)36-28(39)25-19(12-31-36)18-5-3-4-6-23(18)40-25;1-18(2)19(3,4)27-20(26-18)12-9-14(16(25)24(6)10-12)22-17-21-13-7-8-23(5)11-15(13)28-17;17-12-5-6-18-15(11(12)8-21)20-16(22)14-10(7-19-20)9-3-1-2-4-13(9)23-14/h7,9,11-13,15H,3-6,8,10,14H2,1-2H3,(H,32,33);9-10H,7-8,11H2,1-6H3,(H,21,22);5-8H,1-4H2. The van der Waals surface area contributed by atoms with E-state index in [1.165, 1.54) is 79.5 Å². The molecule has 1 saturated heterocycles. The first-order valence-corrected chi connectivity index (χ1v) is 34.1. The zero-order valence-corrected chi connectivity index (χ0v) is 56.1. The lowest BCUT2D eigenvalue weighted by Crippen LogP contribution is -2.41. The molecule has 13 heterocycles. The van der Waals surface area contributed by atoms with Gasteiger partial charge in [0, 0.05) is 119 Å².